The molecule has 5 aromatic heterocycles. The number of benzene rings is 2. The molecule has 7 aliphatic rings. The quantitative estimate of drug-likeness (QED) is 0.0285. The predicted molar refractivity (Wildman–Crippen MR) is 407 cm³/mol. The number of likely N-dealkylation sites (N-methyl/N-ethyl adjacent to an activating group) is 1. The van der Waals surface area contributed by atoms with Crippen LogP contribution >= 0.6 is 22.7 Å². The molecule has 8 heterocycles. The van der Waals surface area contributed by atoms with Gasteiger partial charge in [0.25, 0.3) is 0 Å². The Labute approximate surface area is 619 Å². The number of nitrogens with zero attached hydrogens (tertiary/aromatic N) is 11. The van der Waals surface area contributed by atoms with Crippen molar-refractivity contribution in [3.8, 4) is 21.6 Å². The fraction of sp³-hybridized carbons (Fsp3) is 0.588. The number of aromatic carboxylic acids is 1. The average Bonchev–Trinajstić information content (AvgIpc) is 0.745. The summed E-state index contributed by atoms with van der Waals surface area (Å²) in [5, 5.41) is 46.2. The fourth-order valence-electron chi connectivity index (χ4n) is 19.2. The summed E-state index contributed by atoms with van der Waals surface area (Å²) in [6.07, 6.45) is 18.3. The van der Waals surface area contributed by atoms with Crippen molar-refractivity contribution in [2.45, 2.75) is 221 Å². The number of ether oxygens (including phenoxy) is 1. The Balaban J connectivity index is 0.518. The van der Waals surface area contributed by atoms with Crippen LogP contribution in [0, 0.1) is 48.3 Å². The summed E-state index contributed by atoms with van der Waals surface area (Å²) in [5.41, 5.74) is 9.39. The van der Waals surface area contributed by atoms with Crippen LogP contribution in [0.15, 0.2) is 72.4 Å². The Morgan fingerprint density at radius 2 is 1.53 bits per heavy atom. The van der Waals surface area contributed by atoms with Gasteiger partial charge in [0.05, 0.1) is 56.8 Å². The lowest BCUT2D eigenvalue weighted by Gasteiger charge is -2.69. The lowest BCUT2D eigenvalue weighted by Crippen LogP contribution is -2.64. The van der Waals surface area contributed by atoms with Gasteiger partial charge in [0.1, 0.15) is 17.9 Å². The summed E-state index contributed by atoms with van der Waals surface area (Å²) in [4.78, 5) is 91.5. The molecule has 7 aromatic rings. The van der Waals surface area contributed by atoms with E-state index in [0.29, 0.717) is 68.5 Å². The number of hydrogen-bond donors (Lipinski definition) is 5. The number of anilines is 4. The third-order valence-electron chi connectivity index (χ3n) is 23.4. The predicted octanol–water partition coefficient (Wildman–Crippen LogP) is 13.7. The largest absolute Gasteiger partial charge is 0.476 e. The van der Waals surface area contributed by atoms with E-state index < -0.39 is 35.5 Å². The number of carbonyl (C=O) groups excluding carboxylic acids is 4. The number of pyridine rings is 1. The van der Waals surface area contributed by atoms with Crippen LogP contribution in [0.4, 0.5) is 22.6 Å². The molecule has 0 spiro atoms. The van der Waals surface area contributed by atoms with Gasteiger partial charge in [0.15, 0.2) is 22.5 Å². The Bertz CT molecular complexity index is 4240. The van der Waals surface area contributed by atoms with Gasteiger partial charge >= 0.3 is 5.97 Å². The van der Waals surface area contributed by atoms with Crippen molar-refractivity contribution in [2.75, 3.05) is 63.1 Å². The third kappa shape index (κ3) is 16.3. The second-order valence-corrected chi connectivity index (χ2v) is 35.1. The first-order chi connectivity index (χ1) is 49.7. The van der Waals surface area contributed by atoms with Gasteiger partial charge in [-0.05, 0) is 175 Å². The number of unbranched alkanes of at least 4 members (excludes halogenated alkanes) is 6. The average molecular weight is 1460 g/mol. The maximum Gasteiger partial charge on any atom is 0.355 e. The third-order valence-corrected chi connectivity index (χ3v) is 25.3. The van der Waals surface area contributed by atoms with Crippen molar-refractivity contribution in [2.24, 2.45) is 27.6 Å². The molecular weight excluding hydrogens is 1350 g/mol. The van der Waals surface area contributed by atoms with Crippen LogP contribution in [0.25, 0.3) is 31.8 Å². The van der Waals surface area contributed by atoms with Crippen LogP contribution in [0.5, 0.6) is 0 Å². The highest BCUT2D eigenvalue weighted by atomic mass is 32.1. The molecule has 4 aliphatic carbocycles. The molecule has 4 bridgehead atoms. The Morgan fingerprint density at radius 3 is 2.23 bits per heavy atom. The topological polar surface area (TPSA) is 266 Å². The summed E-state index contributed by atoms with van der Waals surface area (Å²) in [5.74, 6) is -0.419. The van der Waals surface area contributed by atoms with E-state index in [4.69, 9.17) is 24.9 Å². The van der Waals surface area contributed by atoms with Gasteiger partial charge in [0, 0.05) is 86.0 Å². The zero-order valence-electron chi connectivity index (χ0n) is 62.5. The van der Waals surface area contributed by atoms with E-state index in [1.54, 1.807) is 22.7 Å². The second-order valence-electron chi connectivity index (χ2n) is 33.2. The number of fused-ring (bicyclic) bond motifs is 2. The number of aromatic nitrogens is 7. The van der Waals surface area contributed by atoms with Crippen LogP contribution < -0.4 is 20.9 Å². The summed E-state index contributed by atoms with van der Waals surface area (Å²) in [6.45, 7) is 23.6. The lowest BCUT2D eigenvalue weighted by molar-refractivity contribution is -0.248. The van der Waals surface area contributed by atoms with Crippen molar-refractivity contribution < 1.29 is 38.9 Å². The van der Waals surface area contributed by atoms with Gasteiger partial charge in [-0.25, -0.2) is 19.7 Å². The molecule has 6 atom stereocenters. The fourth-order valence-corrected chi connectivity index (χ4v) is 20.8. The van der Waals surface area contributed by atoms with Crippen LogP contribution in [-0.2, 0) is 36.9 Å². The summed E-state index contributed by atoms with van der Waals surface area (Å²) in [7, 11) is 2.21. The number of aliphatic hydroxyl groups is 1. The van der Waals surface area contributed by atoms with Gasteiger partial charge in [-0.3, -0.25) is 23.9 Å². The first-order valence-electron chi connectivity index (χ1n) is 37.9. The number of carboxylic acid groups (broad SMARTS) is 1. The number of carbonyl (C=O) groups is 5. The lowest BCUT2D eigenvalue weighted by atomic mass is 9.39. The minimum absolute atomic E-state index is 0.00114. The van der Waals surface area contributed by atoms with Crippen molar-refractivity contribution in [3.05, 3.63) is 106 Å². The number of nitrogens with one attached hydrogen (secondary N) is 3. The molecule has 104 heavy (non-hydrogen) atoms. The van der Waals surface area contributed by atoms with Crippen molar-refractivity contribution in [1.82, 2.24) is 60.3 Å². The number of amides is 4. The number of rotatable bonds is 28. The number of thiazole rings is 2. The molecule has 22 nitrogen and oxygen atoms in total. The number of β-amino-alcohol motifs (C(OH)–C–C–N with tert-alkyl or cyclic N) is 1. The van der Waals surface area contributed by atoms with Gasteiger partial charge in [-0.1, -0.05) is 114 Å². The molecular formula is C80H106N14O8S2. The molecule has 4 saturated carbocycles. The minimum Gasteiger partial charge on any atom is -0.476 e. The first-order valence-corrected chi connectivity index (χ1v) is 39.6. The maximum absolute atomic E-state index is 14.4. The van der Waals surface area contributed by atoms with Crippen LogP contribution in [0.2, 0.25) is 0 Å². The highest BCUT2D eigenvalue weighted by molar-refractivity contribution is 7.22. The zero-order chi connectivity index (χ0) is 73.5. The highest BCUT2D eigenvalue weighted by Crippen LogP contribution is 2.72. The Hall–Kier alpha value is -7.77. The first kappa shape index (κ1) is 74.5. The van der Waals surface area contributed by atoms with Crippen LogP contribution in [-0.4, -0.2) is 166 Å². The van der Waals surface area contributed by atoms with E-state index in [9.17, 15) is 34.2 Å². The number of carboxylic acids is 1. The molecule has 4 amide bonds. The molecule has 2 aromatic carbocycles. The maximum atomic E-state index is 14.4. The van der Waals surface area contributed by atoms with Crippen molar-refractivity contribution in [1.29, 1.82) is 0 Å². The smallest absolute Gasteiger partial charge is 0.355 e. The Kier molecular flexibility index (Phi) is 21.9. The standard InChI is InChI=1S/C80H106N14O8S2/c1-50-58-21-20-34-92(70(58)89-88-69(50)87-75-84-61-22-17-18-23-63(61)104-75)64-30-29-59(66(85-64)74(100)101)60-40-82-94(53(60)4)48-79-43-77(8)42-78(9,44-79)46-80(45-77,47-79)102-38-37-90(10)33-19-15-13-11-12-14-16-24-65(96)91-35-31-56(32-36-91)71(97)86-68(76(5,6)7)73(99)93-41-57(95)39-62(93)72(98)83-51(2)54-25-27-55(28-26-54)67-52(3)81-49-103-67/h17-18,22-23,25-30,40,49,51,56-57,62,68,95H,11-16,19-21,24,31-39,41-48H2,1-10H3,(H,83,98)(H,86,97)(H,100,101)(H,84,87,88)/t51-,57+,62-,68+,77?,78?,79?,80?/m0/s1. The number of para-hydroxylation sites is 1. The molecule has 556 valence electrons. The van der Waals surface area contributed by atoms with E-state index in [1.807, 2.05) is 118 Å². The van der Waals surface area contributed by atoms with E-state index in [0.717, 1.165) is 169 Å². The van der Waals surface area contributed by atoms with E-state index >= 15 is 0 Å². The van der Waals surface area contributed by atoms with Crippen LogP contribution in [0.3, 0.4) is 0 Å². The van der Waals surface area contributed by atoms with Crippen molar-refractivity contribution in [3.63, 3.8) is 0 Å². The zero-order valence-corrected chi connectivity index (χ0v) is 64.1. The van der Waals surface area contributed by atoms with Gasteiger partial charge in [-0.15, -0.1) is 21.5 Å². The molecule has 3 aliphatic heterocycles. The number of aryl methyl sites for hydroxylation is 1. The molecule has 2 saturated heterocycles. The van der Waals surface area contributed by atoms with Crippen LogP contribution in [0.1, 0.15) is 202 Å². The summed E-state index contributed by atoms with van der Waals surface area (Å²) in [6, 6.07) is 17.7. The summed E-state index contributed by atoms with van der Waals surface area (Å²) < 4.78 is 10.4. The van der Waals surface area contributed by atoms with Gasteiger partial charge < -0.3 is 50.5 Å². The summed E-state index contributed by atoms with van der Waals surface area (Å²) >= 11 is 3.15. The molecule has 5 N–H and O–H groups in total. The number of likely N-dealkylation sites (tertiary alicyclic amines) is 2. The molecule has 0 radical (unpaired) electrons. The molecule has 14 rings (SSSR count). The Morgan fingerprint density at radius 1 is 0.808 bits per heavy atom. The highest BCUT2D eigenvalue weighted by Gasteiger charge is 2.66. The van der Waals surface area contributed by atoms with Crippen molar-refractivity contribution >= 4 is 85.1 Å². The number of aliphatic hydroxyl groups excluding tert-OH is 1. The van der Waals surface area contributed by atoms with E-state index in [1.165, 1.54) is 11.3 Å². The van der Waals surface area contributed by atoms with Gasteiger partial charge in [-0.2, -0.15) is 5.10 Å². The monoisotopic (exact) mass is 1450 g/mol. The molecule has 2 unspecified atom stereocenters. The number of piperidine rings is 1. The second kappa shape index (κ2) is 30.6. The molecule has 24 heteroatoms. The van der Waals surface area contributed by atoms with E-state index in [2.05, 4.69) is 69.5 Å². The van der Waals surface area contributed by atoms with E-state index in [-0.39, 0.29) is 70.2 Å². The molecule has 6 fully saturated rings. The number of hydrogen-bond acceptors (Lipinski definition) is 18. The van der Waals surface area contributed by atoms with Gasteiger partial charge in [0.2, 0.25) is 23.6 Å². The minimum atomic E-state index is -1.09. The SMILES string of the molecule is Cc1ncsc1-c1ccc([C@H](C)NC(=O)[C@@H]2C[C@@H](O)CN2C(=O)[C@@H](NC(=O)C2CCN(C(=O)CCCCCCCCCN(C)CCOC34CC5(C)CC(C)(CC(Cn6ncc(-c7ccc(N8CCCc9c8nnc(Nc8nc%10ccccc%10s8)c9C)nc7C(=O)O)c6C)(C5)C3)C4)CC2)C(C)(C)C)cc1. The normalized spacial score (nSPS) is 23.8.